The number of hydrogen-bond acceptors (Lipinski definition) is 3. The fourth-order valence-electron chi connectivity index (χ4n) is 2.74. The van der Waals surface area contributed by atoms with Crippen molar-refractivity contribution in [1.29, 1.82) is 0 Å². The lowest BCUT2D eigenvalue weighted by Gasteiger charge is -2.38. The van der Waals surface area contributed by atoms with E-state index in [9.17, 15) is 9.90 Å². The number of thioether (sulfide) groups is 1. The van der Waals surface area contributed by atoms with Crippen LogP contribution in [0.3, 0.4) is 0 Å². The molecular formula is C14H16O3S. The third kappa shape index (κ3) is 1.55. The van der Waals surface area contributed by atoms with Crippen LogP contribution < -0.4 is 4.74 Å². The number of carboxylic acids is 1. The van der Waals surface area contributed by atoms with Crippen molar-refractivity contribution >= 4 is 17.7 Å². The Balaban J connectivity index is 2.11. The van der Waals surface area contributed by atoms with E-state index in [1.807, 2.05) is 32.0 Å². The molecule has 0 unspecified atom stereocenters. The first-order valence-corrected chi connectivity index (χ1v) is 7.01. The van der Waals surface area contributed by atoms with Gasteiger partial charge in [-0.15, -0.1) is 0 Å². The summed E-state index contributed by atoms with van der Waals surface area (Å²) in [4.78, 5) is 12.4. The van der Waals surface area contributed by atoms with Gasteiger partial charge in [0.05, 0.1) is 10.3 Å². The highest BCUT2D eigenvalue weighted by molar-refractivity contribution is 8.00. The second-order valence-electron chi connectivity index (χ2n) is 5.48. The summed E-state index contributed by atoms with van der Waals surface area (Å²) in [5, 5.41) is 9.54. The van der Waals surface area contributed by atoms with Gasteiger partial charge < -0.3 is 9.84 Å². The molecule has 3 rings (SSSR count). The quantitative estimate of drug-likeness (QED) is 0.889. The van der Waals surface area contributed by atoms with E-state index in [0.29, 0.717) is 12.8 Å². The summed E-state index contributed by atoms with van der Waals surface area (Å²) in [6.45, 7) is 4.02. The van der Waals surface area contributed by atoms with Crippen LogP contribution >= 0.6 is 11.8 Å². The van der Waals surface area contributed by atoms with E-state index >= 15 is 0 Å². The highest BCUT2D eigenvalue weighted by atomic mass is 32.2. The molecule has 1 aliphatic heterocycles. The van der Waals surface area contributed by atoms with Crippen molar-refractivity contribution in [2.24, 2.45) is 0 Å². The van der Waals surface area contributed by atoms with Gasteiger partial charge in [-0.2, -0.15) is 0 Å². The van der Waals surface area contributed by atoms with Gasteiger partial charge in [-0.3, -0.25) is 4.79 Å². The van der Waals surface area contributed by atoms with E-state index in [1.54, 1.807) is 11.8 Å². The van der Waals surface area contributed by atoms with Gasteiger partial charge in [-0.05, 0) is 32.8 Å². The highest BCUT2D eigenvalue weighted by Crippen LogP contribution is 2.55. The molecular weight excluding hydrogens is 248 g/mol. The molecule has 1 aromatic rings. The van der Waals surface area contributed by atoms with Gasteiger partial charge in [0.2, 0.25) is 0 Å². The van der Waals surface area contributed by atoms with Gasteiger partial charge in [0.15, 0.2) is 4.93 Å². The number of carbonyl (C=O) groups is 1. The Bertz CT molecular complexity index is 518. The SMILES string of the molecule is CC1(C)Oc2c(cccc2C2(C(=O)O)CCC2)S1. The van der Waals surface area contributed by atoms with E-state index in [2.05, 4.69) is 0 Å². The van der Waals surface area contributed by atoms with Crippen molar-refractivity contribution in [3.63, 3.8) is 0 Å². The number of para-hydroxylation sites is 1. The minimum Gasteiger partial charge on any atom is -0.481 e. The largest absolute Gasteiger partial charge is 0.481 e. The van der Waals surface area contributed by atoms with Crippen LogP contribution in [0.25, 0.3) is 0 Å². The molecule has 0 bridgehead atoms. The van der Waals surface area contributed by atoms with Gasteiger partial charge in [0.1, 0.15) is 5.75 Å². The number of fused-ring (bicyclic) bond motifs is 1. The summed E-state index contributed by atoms with van der Waals surface area (Å²) in [7, 11) is 0. The molecule has 0 saturated heterocycles. The van der Waals surface area contributed by atoms with E-state index < -0.39 is 11.4 Å². The lowest BCUT2D eigenvalue weighted by molar-refractivity contribution is -0.147. The molecule has 0 atom stereocenters. The monoisotopic (exact) mass is 264 g/mol. The van der Waals surface area contributed by atoms with Gasteiger partial charge >= 0.3 is 5.97 Å². The molecule has 0 spiro atoms. The molecule has 4 heteroatoms. The minimum atomic E-state index is -0.722. The summed E-state index contributed by atoms with van der Waals surface area (Å²) in [5.41, 5.74) is 0.142. The Hall–Kier alpha value is -1.16. The standard InChI is InChI=1S/C14H16O3S/c1-13(2)17-11-9(5-3-6-10(11)18-13)14(12(15)16)7-4-8-14/h3,5-6H,4,7-8H2,1-2H3,(H,15,16). The van der Waals surface area contributed by atoms with Crippen LogP contribution in [0.5, 0.6) is 5.75 Å². The van der Waals surface area contributed by atoms with Crippen LogP contribution in [0.1, 0.15) is 38.7 Å². The van der Waals surface area contributed by atoms with Crippen molar-refractivity contribution in [2.45, 2.75) is 48.4 Å². The van der Waals surface area contributed by atoms with Crippen LogP contribution in [-0.2, 0) is 10.2 Å². The number of rotatable bonds is 2. The van der Waals surface area contributed by atoms with Crippen LogP contribution in [-0.4, -0.2) is 16.0 Å². The van der Waals surface area contributed by atoms with Crippen molar-refractivity contribution < 1.29 is 14.6 Å². The van der Waals surface area contributed by atoms with Crippen molar-refractivity contribution in [3.8, 4) is 5.75 Å². The molecule has 18 heavy (non-hydrogen) atoms. The zero-order valence-electron chi connectivity index (χ0n) is 10.5. The molecule has 3 nitrogen and oxygen atoms in total. The maximum atomic E-state index is 11.6. The Kier molecular flexibility index (Phi) is 2.43. The minimum absolute atomic E-state index is 0.304. The summed E-state index contributed by atoms with van der Waals surface area (Å²) in [6, 6.07) is 5.86. The molecule has 96 valence electrons. The normalized spacial score (nSPS) is 22.8. The van der Waals surface area contributed by atoms with E-state index in [-0.39, 0.29) is 4.93 Å². The number of carboxylic acid groups (broad SMARTS) is 1. The summed E-state index contributed by atoms with van der Waals surface area (Å²) in [5.74, 6) is 0.0649. The Morgan fingerprint density at radius 2 is 2.11 bits per heavy atom. The van der Waals surface area contributed by atoms with Crippen molar-refractivity contribution in [1.82, 2.24) is 0 Å². The number of hydrogen-bond donors (Lipinski definition) is 1. The van der Waals surface area contributed by atoms with Crippen LogP contribution in [0.4, 0.5) is 0 Å². The molecule has 0 aromatic heterocycles. The first-order chi connectivity index (χ1) is 8.45. The molecule has 0 amide bonds. The van der Waals surface area contributed by atoms with Crippen LogP contribution in [0.2, 0.25) is 0 Å². The van der Waals surface area contributed by atoms with E-state index in [4.69, 9.17) is 4.74 Å². The van der Waals surface area contributed by atoms with Crippen molar-refractivity contribution in [2.75, 3.05) is 0 Å². The third-order valence-electron chi connectivity index (χ3n) is 3.81. The molecule has 1 aromatic carbocycles. The zero-order valence-corrected chi connectivity index (χ0v) is 11.3. The van der Waals surface area contributed by atoms with Gasteiger partial charge in [-0.1, -0.05) is 30.3 Å². The second-order valence-corrected chi connectivity index (χ2v) is 7.10. The molecule has 1 N–H and O–H groups in total. The molecule has 0 radical (unpaired) electrons. The lowest BCUT2D eigenvalue weighted by atomic mass is 9.64. The maximum absolute atomic E-state index is 11.6. The highest BCUT2D eigenvalue weighted by Gasteiger charge is 2.49. The Labute approximate surface area is 111 Å². The van der Waals surface area contributed by atoms with Crippen LogP contribution in [0, 0.1) is 0 Å². The fourth-order valence-corrected chi connectivity index (χ4v) is 3.78. The topological polar surface area (TPSA) is 46.5 Å². The second kappa shape index (κ2) is 3.67. The van der Waals surface area contributed by atoms with Gasteiger partial charge in [0, 0.05) is 5.56 Å². The number of ether oxygens (including phenoxy) is 1. The van der Waals surface area contributed by atoms with E-state index in [1.165, 1.54) is 0 Å². The fraction of sp³-hybridized carbons (Fsp3) is 0.500. The predicted octanol–water partition coefficient (Wildman–Crippen LogP) is 3.41. The van der Waals surface area contributed by atoms with Crippen molar-refractivity contribution in [3.05, 3.63) is 23.8 Å². The van der Waals surface area contributed by atoms with Gasteiger partial charge in [0.25, 0.3) is 0 Å². The smallest absolute Gasteiger partial charge is 0.314 e. The molecule has 1 saturated carbocycles. The Morgan fingerprint density at radius 1 is 1.39 bits per heavy atom. The van der Waals surface area contributed by atoms with E-state index in [0.717, 1.165) is 22.6 Å². The molecule has 1 aliphatic carbocycles. The number of aliphatic carboxylic acids is 1. The first kappa shape index (κ1) is 11.9. The zero-order chi connectivity index (χ0) is 13.0. The van der Waals surface area contributed by atoms with Gasteiger partial charge in [-0.25, -0.2) is 0 Å². The third-order valence-corrected chi connectivity index (χ3v) is 4.93. The molecule has 2 aliphatic rings. The summed E-state index contributed by atoms with van der Waals surface area (Å²) in [6.07, 6.45) is 2.41. The summed E-state index contributed by atoms with van der Waals surface area (Å²) < 4.78 is 5.96. The summed E-state index contributed by atoms with van der Waals surface area (Å²) >= 11 is 1.65. The van der Waals surface area contributed by atoms with Crippen LogP contribution in [0.15, 0.2) is 23.1 Å². The molecule has 1 heterocycles. The average molecular weight is 264 g/mol. The lowest BCUT2D eigenvalue weighted by Crippen LogP contribution is -2.42. The first-order valence-electron chi connectivity index (χ1n) is 6.20. The number of benzene rings is 1. The average Bonchev–Trinajstić information content (AvgIpc) is 2.50. The molecule has 1 fully saturated rings. The maximum Gasteiger partial charge on any atom is 0.314 e. The predicted molar refractivity (Wildman–Crippen MR) is 70.2 cm³/mol. The Morgan fingerprint density at radius 3 is 2.67 bits per heavy atom.